The van der Waals surface area contributed by atoms with Gasteiger partial charge in [0, 0.05) is 21.8 Å². The summed E-state index contributed by atoms with van der Waals surface area (Å²) in [6.45, 7) is 0. The standard InChI is InChI=1S/C15H14BrNO4/c1-20-12-7-10(16)6-11(8-12)17-15(19)9-3-4-14(21-2)13(18)5-9/h3-8,18H,1-2H3,(H,17,19). The van der Waals surface area contributed by atoms with E-state index < -0.39 is 0 Å². The Hall–Kier alpha value is -2.21. The van der Waals surface area contributed by atoms with Crippen molar-refractivity contribution < 1.29 is 19.4 Å². The zero-order chi connectivity index (χ0) is 15.4. The molecule has 2 N–H and O–H groups in total. The van der Waals surface area contributed by atoms with Crippen molar-refractivity contribution in [2.45, 2.75) is 0 Å². The van der Waals surface area contributed by atoms with Crippen LogP contribution in [-0.2, 0) is 0 Å². The van der Waals surface area contributed by atoms with Gasteiger partial charge in [-0.25, -0.2) is 0 Å². The van der Waals surface area contributed by atoms with E-state index in [1.807, 2.05) is 0 Å². The highest BCUT2D eigenvalue weighted by Crippen LogP contribution is 2.28. The van der Waals surface area contributed by atoms with Crippen molar-refractivity contribution in [1.29, 1.82) is 0 Å². The highest BCUT2D eigenvalue weighted by molar-refractivity contribution is 9.10. The van der Waals surface area contributed by atoms with Gasteiger partial charge in [-0.1, -0.05) is 15.9 Å². The molecule has 0 aromatic heterocycles. The van der Waals surface area contributed by atoms with Crippen molar-refractivity contribution in [2.75, 3.05) is 19.5 Å². The van der Waals surface area contributed by atoms with Crippen molar-refractivity contribution in [3.05, 3.63) is 46.4 Å². The number of hydrogen-bond acceptors (Lipinski definition) is 4. The number of anilines is 1. The number of phenols is 1. The molecule has 0 saturated heterocycles. The van der Waals surface area contributed by atoms with Crippen molar-refractivity contribution >= 4 is 27.5 Å². The third kappa shape index (κ3) is 3.66. The Morgan fingerprint density at radius 2 is 1.90 bits per heavy atom. The molecular weight excluding hydrogens is 338 g/mol. The van der Waals surface area contributed by atoms with Crippen LogP contribution >= 0.6 is 15.9 Å². The summed E-state index contributed by atoms with van der Waals surface area (Å²) >= 11 is 3.34. The second-order valence-corrected chi connectivity index (χ2v) is 5.14. The topological polar surface area (TPSA) is 67.8 Å². The Labute approximate surface area is 130 Å². The van der Waals surface area contributed by atoms with Gasteiger partial charge in [-0.05, 0) is 30.3 Å². The Balaban J connectivity index is 2.21. The molecule has 0 radical (unpaired) electrons. The summed E-state index contributed by atoms with van der Waals surface area (Å²) < 4.78 is 10.9. The first-order valence-corrected chi connectivity index (χ1v) is 6.85. The minimum Gasteiger partial charge on any atom is -0.504 e. The third-order valence-electron chi connectivity index (χ3n) is 2.81. The molecule has 110 valence electrons. The van der Waals surface area contributed by atoms with Crippen molar-refractivity contribution in [2.24, 2.45) is 0 Å². The van der Waals surface area contributed by atoms with E-state index in [0.29, 0.717) is 22.7 Å². The third-order valence-corrected chi connectivity index (χ3v) is 3.26. The van der Waals surface area contributed by atoms with Crippen LogP contribution in [0.4, 0.5) is 5.69 Å². The van der Waals surface area contributed by atoms with Gasteiger partial charge >= 0.3 is 0 Å². The molecule has 2 aromatic carbocycles. The van der Waals surface area contributed by atoms with E-state index in [0.717, 1.165) is 4.47 Å². The molecular formula is C15H14BrNO4. The first-order chi connectivity index (χ1) is 10.0. The number of amides is 1. The highest BCUT2D eigenvalue weighted by Gasteiger charge is 2.11. The number of benzene rings is 2. The normalized spacial score (nSPS) is 10.0. The highest BCUT2D eigenvalue weighted by atomic mass is 79.9. The lowest BCUT2D eigenvalue weighted by Crippen LogP contribution is -2.11. The van der Waals surface area contributed by atoms with Gasteiger partial charge in [0.25, 0.3) is 5.91 Å². The fraction of sp³-hybridized carbons (Fsp3) is 0.133. The number of ether oxygens (including phenoxy) is 2. The summed E-state index contributed by atoms with van der Waals surface area (Å²) in [7, 11) is 3.00. The first-order valence-electron chi connectivity index (χ1n) is 6.06. The second-order valence-electron chi connectivity index (χ2n) is 4.22. The summed E-state index contributed by atoms with van der Waals surface area (Å²) in [5.41, 5.74) is 0.911. The minimum absolute atomic E-state index is 0.0861. The Morgan fingerprint density at radius 3 is 2.52 bits per heavy atom. The lowest BCUT2D eigenvalue weighted by atomic mass is 10.2. The molecule has 0 aliphatic carbocycles. The van der Waals surface area contributed by atoms with E-state index in [1.165, 1.54) is 19.2 Å². The predicted molar refractivity (Wildman–Crippen MR) is 83.3 cm³/mol. The molecule has 0 aliphatic heterocycles. The number of nitrogens with one attached hydrogen (secondary N) is 1. The van der Waals surface area contributed by atoms with Gasteiger partial charge in [-0.2, -0.15) is 0 Å². The van der Waals surface area contributed by atoms with Crippen LogP contribution in [0.1, 0.15) is 10.4 Å². The van der Waals surface area contributed by atoms with Crippen LogP contribution < -0.4 is 14.8 Å². The van der Waals surface area contributed by atoms with Crippen LogP contribution in [0, 0.1) is 0 Å². The van der Waals surface area contributed by atoms with E-state index >= 15 is 0 Å². The lowest BCUT2D eigenvalue weighted by molar-refractivity contribution is 0.102. The predicted octanol–water partition coefficient (Wildman–Crippen LogP) is 3.42. The largest absolute Gasteiger partial charge is 0.504 e. The van der Waals surface area contributed by atoms with E-state index in [9.17, 15) is 9.90 Å². The summed E-state index contributed by atoms with van der Waals surface area (Å²) in [4.78, 5) is 12.2. The average molecular weight is 352 g/mol. The number of carbonyl (C=O) groups is 1. The van der Waals surface area contributed by atoms with Gasteiger partial charge in [0.2, 0.25) is 0 Å². The SMILES string of the molecule is COc1cc(Br)cc(NC(=O)c2ccc(OC)c(O)c2)c1. The Bertz CT molecular complexity index is 673. The Morgan fingerprint density at radius 1 is 1.14 bits per heavy atom. The first kappa shape index (κ1) is 15.2. The van der Waals surface area contributed by atoms with Gasteiger partial charge in [-0.15, -0.1) is 0 Å². The molecule has 0 saturated carbocycles. The van der Waals surface area contributed by atoms with Gasteiger partial charge < -0.3 is 19.9 Å². The van der Waals surface area contributed by atoms with Crippen LogP contribution in [0.5, 0.6) is 17.2 Å². The molecule has 0 spiro atoms. The van der Waals surface area contributed by atoms with E-state index in [-0.39, 0.29) is 11.7 Å². The molecule has 0 aliphatic rings. The van der Waals surface area contributed by atoms with E-state index in [4.69, 9.17) is 9.47 Å². The fourth-order valence-corrected chi connectivity index (χ4v) is 2.26. The van der Waals surface area contributed by atoms with Gasteiger partial charge in [0.05, 0.1) is 14.2 Å². The average Bonchev–Trinajstić information content (AvgIpc) is 2.46. The zero-order valence-electron chi connectivity index (χ0n) is 11.5. The smallest absolute Gasteiger partial charge is 0.255 e. The molecule has 2 aromatic rings. The van der Waals surface area contributed by atoms with Gasteiger partial charge in [0.1, 0.15) is 5.75 Å². The van der Waals surface area contributed by atoms with Crippen LogP contribution in [0.2, 0.25) is 0 Å². The summed E-state index contributed by atoms with van der Waals surface area (Å²) in [5, 5.41) is 12.4. The molecule has 0 atom stereocenters. The molecule has 21 heavy (non-hydrogen) atoms. The number of halogens is 1. The molecule has 0 bridgehead atoms. The molecule has 5 nitrogen and oxygen atoms in total. The van der Waals surface area contributed by atoms with Gasteiger partial charge in [-0.3, -0.25) is 4.79 Å². The minimum atomic E-state index is -0.340. The number of rotatable bonds is 4. The summed E-state index contributed by atoms with van der Waals surface area (Å²) in [6, 6.07) is 9.70. The molecule has 1 amide bonds. The van der Waals surface area contributed by atoms with Crippen molar-refractivity contribution in [3.8, 4) is 17.2 Å². The Kier molecular flexibility index (Phi) is 4.70. The van der Waals surface area contributed by atoms with Crippen LogP contribution in [0.3, 0.4) is 0 Å². The molecule has 0 unspecified atom stereocenters. The fourth-order valence-electron chi connectivity index (χ4n) is 1.79. The number of aromatic hydroxyl groups is 1. The molecule has 2 rings (SSSR count). The monoisotopic (exact) mass is 351 g/mol. The maximum Gasteiger partial charge on any atom is 0.255 e. The van der Waals surface area contributed by atoms with Crippen LogP contribution in [0.15, 0.2) is 40.9 Å². The van der Waals surface area contributed by atoms with Crippen LogP contribution in [-0.4, -0.2) is 25.2 Å². The van der Waals surface area contributed by atoms with E-state index in [1.54, 1.807) is 31.4 Å². The number of phenolic OH excluding ortho intramolecular Hbond substituents is 1. The maximum absolute atomic E-state index is 12.2. The summed E-state index contributed by atoms with van der Waals surface area (Å²) in [5.74, 6) is 0.512. The van der Waals surface area contributed by atoms with Gasteiger partial charge in [0.15, 0.2) is 11.5 Å². The summed E-state index contributed by atoms with van der Waals surface area (Å²) in [6.07, 6.45) is 0. The number of hydrogen-bond donors (Lipinski definition) is 2. The molecule has 0 heterocycles. The van der Waals surface area contributed by atoms with Crippen molar-refractivity contribution in [3.63, 3.8) is 0 Å². The van der Waals surface area contributed by atoms with Crippen LogP contribution in [0.25, 0.3) is 0 Å². The molecule has 6 heteroatoms. The molecule has 0 fully saturated rings. The number of carbonyl (C=O) groups excluding carboxylic acids is 1. The van der Waals surface area contributed by atoms with E-state index in [2.05, 4.69) is 21.2 Å². The number of methoxy groups -OCH3 is 2. The maximum atomic E-state index is 12.2. The lowest BCUT2D eigenvalue weighted by Gasteiger charge is -2.09. The van der Waals surface area contributed by atoms with Crippen molar-refractivity contribution in [1.82, 2.24) is 0 Å². The zero-order valence-corrected chi connectivity index (χ0v) is 13.1. The second kappa shape index (κ2) is 6.49. The quantitative estimate of drug-likeness (QED) is 0.885.